The first kappa shape index (κ1) is 11.2. The van der Waals surface area contributed by atoms with Gasteiger partial charge in [0.15, 0.2) is 0 Å². The minimum atomic E-state index is -0.391. The summed E-state index contributed by atoms with van der Waals surface area (Å²) in [5.41, 5.74) is 4.72. The van der Waals surface area contributed by atoms with Crippen LogP contribution in [0.3, 0.4) is 0 Å². The van der Waals surface area contributed by atoms with E-state index >= 15 is 0 Å². The van der Waals surface area contributed by atoms with Crippen LogP contribution in [0.1, 0.15) is 34.8 Å². The first-order valence-corrected chi connectivity index (χ1v) is 5.71. The largest absolute Gasteiger partial charge is 0.388 e. The van der Waals surface area contributed by atoms with E-state index in [-0.39, 0.29) is 5.92 Å². The molecular formula is C15H18O. The van der Waals surface area contributed by atoms with E-state index < -0.39 is 6.10 Å². The van der Waals surface area contributed by atoms with Gasteiger partial charge in [-0.15, -0.1) is 6.58 Å². The van der Waals surface area contributed by atoms with Crippen molar-refractivity contribution in [3.8, 4) is 0 Å². The van der Waals surface area contributed by atoms with Crippen LogP contribution in [-0.4, -0.2) is 5.11 Å². The zero-order chi connectivity index (χ0) is 11.7. The lowest BCUT2D eigenvalue weighted by atomic mass is 9.83. The Balaban J connectivity index is 2.43. The zero-order valence-electron chi connectivity index (χ0n) is 9.90. The van der Waals surface area contributed by atoms with Gasteiger partial charge in [0.05, 0.1) is 6.10 Å². The van der Waals surface area contributed by atoms with Crippen LogP contribution in [0.15, 0.2) is 30.9 Å². The molecule has 0 aliphatic heterocycles. The second-order valence-electron chi connectivity index (χ2n) is 4.56. The summed E-state index contributed by atoms with van der Waals surface area (Å²) in [6.45, 7) is 7.92. The maximum absolute atomic E-state index is 10.3. The van der Waals surface area contributed by atoms with Gasteiger partial charge in [-0.25, -0.2) is 0 Å². The minimum absolute atomic E-state index is 0.173. The number of fused-ring (bicyclic) bond motifs is 1. The van der Waals surface area contributed by atoms with Crippen molar-refractivity contribution in [2.75, 3.05) is 0 Å². The summed E-state index contributed by atoms with van der Waals surface area (Å²) >= 11 is 0. The molecule has 0 heterocycles. The Bertz CT molecular complexity index is 443. The number of aryl methyl sites for hydroxylation is 2. The molecule has 84 valence electrons. The third-order valence-corrected chi connectivity index (χ3v) is 3.39. The Morgan fingerprint density at radius 3 is 2.69 bits per heavy atom. The van der Waals surface area contributed by atoms with Crippen LogP contribution in [-0.2, 0) is 0 Å². The molecule has 1 aromatic carbocycles. The van der Waals surface area contributed by atoms with E-state index in [2.05, 4.69) is 44.7 Å². The van der Waals surface area contributed by atoms with Gasteiger partial charge in [-0.3, -0.25) is 0 Å². The Hall–Kier alpha value is -1.34. The van der Waals surface area contributed by atoms with E-state index in [1.54, 1.807) is 0 Å². The van der Waals surface area contributed by atoms with Gasteiger partial charge < -0.3 is 5.11 Å². The summed E-state index contributed by atoms with van der Waals surface area (Å²) in [5.74, 6) is 0.173. The normalized spacial score (nSPS) is 22.9. The number of rotatable bonds is 2. The first-order valence-electron chi connectivity index (χ1n) is 5.71. The molecule has 0 aromatic heterocycles. The molecule has 0 amide bonds. The van der Waals surface area contributed by atoms with Crippen LogP contribution < -0.4 is 0 Å². The number of aliphatic hydroxyl groups is 1. The summed E-state index contributed by atoms with van der Waals surface area (Å²) < 4.78 is 0. The van der Waals surface area contributed by atoms with Crippen molar-refractivity contribution in [2.24, 2.45) is 5.92 Å². The molecule has 1 N–H and O–H groups in total. The molecule has 16 heavy (non-hydrogen) atoms. The first-order chi connectivity index (χ1) is 7.63. The molecular weight excluding hydrogens is 196 g/mol. The maximum atomic E-state index is 10.3. The predicted octanol–water partition coefficient (Wildman–Crippen LogP) is 3.56. The summed E-state index contributed by atoms with van der Waals surface area (Å²) in [6, 6.07) is 4.25. The van der Waals surface area contributed by atoms with Crippen molar-refractivity contribution in [1.82, 2.24) is 0 Å². The van der Waals surface area contributed by atoms with Crippen molar-refractivity contribution in [3.05, 3.63) is 53.1 Å². The molecule has 1 heteroatoms. The molecule has 0 fully saturated rings. The molecule has 0 bridgehead atoms. The van der Waals surface area contributed by atoms with E-state index in [1.807, 2.05) is 6.08 Å². The predicted molar refractivity (Wildman–Crippen MR) is 68.2 cm³/mol. The smallest absolute Gasteiger partial charge is 0.0861 e. The van der Waals surface area contributed by atoms with Crippen molar-refractivity contribution >= 4 is 6.08 Å². The molecule has 0 saturated carbocycles. The molecule has 2 rings (SSSR count). The Labute approximate surface area is 97.1 Å². The molecule has 1 aliphatic carbocycles. The maximum Gasteiger partial charge on any atom is 0.0861 e. The molecule has 0 radical (unpaired) electrons. The van der Waals surface area contributed by atoms with Gasteiger partial charge in [0.25, 0.3) is 0 Å². The minimum Gasteiger partial charge on any atom is -0.388 e. The number of benzene rings is 1. The highest BCUT2D eigenvalue weighted by molar-refractivity contribution is 5.60. The van der Waals surface area contributed by atoms with Gasteiger partial charge in [-0.05, 0) is 42.5 Å². The molecule has 0 spiro atoms. The van der Waals surface area contributed by atoms with Crippen molar-refractivity contribution in [3.63, 3.8) is 0 Å². The van der Waals surface area contributed by atoms with Crippen LogP contribution in [0.2, 0.25) is 0 Å². The number of allylic oxidation sites excluding steroid dienone is 1. The van der Waals surface area contributed by atoms with Gasteiger partial charge in [0.1, 0.15) is 0 Å². The quantitative estimate of drug-likeness (QED) is 0.746. The molecule has 0 unspecified atom stereocenters. The third-order valence-electron chi connectivity index (χ3n) is 3.39. The van der Waals surface area contributed by atoms with Crippen LogP contribution in [0.4, 0.5) is 0 Å². The fourth-order valence-corrected chi connectivity index (χ4v) is 2.22. The lowest BCUT2D eigenvalue weighted by molar-refractivity contribution is 0.131. The Morgan fingerprint density at radius 2 is 2.00 bits per heavy atom. The molecule has 1 aromatic rings. The van der Waals surface area contributed by atoms with Crippen LogP contribution >= 0.6 is 0 Å². The Kier molecular flexibility index (Phi) is 2.97. The lowest BCUT2D eigenvalue weighted by Gasteiger charge is -2.25. The van der Waals surface area contributed by atoms with E-state index in [1.165, 1.54) is 11.1 Å². The molecule has 1 nitrogen and oxygen atoms in total. The topological polar surface area (TPSA) is 20.2 Å². The fraction of sp³-hybridized carbons (Fsp3) is 0.333. The van der Waals surface area contributed by atoms with Gasteiger partial charge in [0, 0.05) is 5.92 Å². The molecule has 2 atom stereocenters. The van der Waals surface area contributed by atoms with E-state index in [9.17, 15) is 5.11 Å². The SMILES string of the molecule is C=CC[C@H]1C=Cc2cc(C)c(C)cc2[C@H]1O. The summed E-state index contributed by atoms with van der Waals surface area (Å²) in [7, 11) is 0. The highest BCUT2D eigenvalue weighted by atomic mass is 16.3. The standard InChI is InChI=1S/C15H18O/c1-4-5-12-6-7-13-8-10(2)11(3)9-14(13)15(12)16/h4,6-9,12,15-16H,1,5H2,2-3H3/t12-,15-/m0/s1. The summed E-state index contributed by atoms with van der Waals surface area (Å²) in [6.07, 6.45) is 6.50. The Morgan fingerprint density at radius 1 is 1.31 bits per heavy atom. The average Bonchev–Trinajstić information content (AvgIpc) is 2.26. The number of aliphatic hydroxyl groups excluding tert-OH is 1. The average molecular weight is 214 g/mol. The van der Waals surface area contributed by atoms with Gasteiger partial charge >= 0.3 is 0 Å². The fourth-order valence-electron chi connectivity index (χ4n) is 2.22. The van der Waals surface area contributed by atoms with Gasteiger partial charge in [-0.1, -0.05) is 30.4 Å². The van der Waals surface area contributed by atoms with E-state index in [0.29, 0.717) is 0 Å². The monoisotopic (exact) mass is 214 g/mol. The van der Waals surface area contributed by atoms with Crippen molar-refractivity contribution < 1.29 is 5.11 Å². The number of hydrogen-bond acceptors (Lipinski definition) is 1. The van der Waals surface area contributed by atoms with E-state index in [0.717, 1.165) is 17.5 Å². The lowest BCUT2D eigenvalue weighted by Crippen LogP contribution is -2.14. The second-order valence-corrected chi connectivity index (χ2v) is 4.56. The highest BCUT2D eigenvalue weighted by Crippen LogP contribution is 2.35. The zero-order valence-corrected chi connectivity index (χ0v) is 9.90. The second kappa shape index (κ2) is 4.26. The van der Waals surface area contributed by atoms with Crippen molar-refractivity contribution in [2.45, 2.75) is 26.4 Å². The van der Waals surface area contributed by atoms with Gasteiger partial charge in [0.2, 0.25) is 0 Å². The molecule has 0 saturated heterocycles. The summed E-state index contributed by atoms with van der Waals surface area (Å²) in [4.78, 5) is 0. The highest BCUT2D eigenvalue weighted by Gasteiger charge is 2.23. The molecule has 1 aliphatic rings. The van der Waals surface area contributed by atoms with Gasteiger partial charge in [-0.2, -0.15) is 0 Å². The number of hydrogen-bond donors (Lipinski definition) is 1. The van der Waals surface area contributed by atoms with Crippen molar-refractivity contribution in [1.29, 1.82) is 0 Å². The van der Waals surface area contributed by atoms with Crippen LogP contribution in [0, 0.1) is 19.8 Å². The van der Waals surface area contributed by atoms with E-state index in [4.69, 9.17) is 0 Å². The van der Waals surface area contributed by atoms with Crippen LogP contribution in [0.5, 0.6) is 0 Å². The van der Waals surface area contributed by atoms with Crippen LogP contribution in [0.25, 0.3) is 6.08 Å². The third kappa shape index (κ3) is 1.83. The summed E-state index contributed by atoms with van der Waals surface area (Å²) in [5, 5.41) is 10.3.